The predicted octanol–water partition coefficient (Wildman–Crippen LogP) is 4.69. The van der Waals surface area contributed by atoms with Crippen molar-refractivity contribution in [3.63, 3.8) is 0 Å². The maximum atomic E-state index is 4.18. The van der Waals surface area contributed by atoms with Crippen LogP contribution in [0, 0.1) is 5.92 Å². The maximum Gasteiger partial charge on any atom is 0.0315 e. The number of pyridine rings is 1. The van der Waals surface area contributed by atoms with Gasteiger partial charge in [0.2, 0.25) is 0 Å². The summed E-state index contributed by atoms with van der Waals surface area (Å²) in [5.74, 6) is 0.706. The number of benzene rings is 1. The van der Waals surface area contributed by atoms with E-state index in [0.717, 1.165) is 6.42 Å². The summed E-state index contributed by atoms with van der Waals surface area (Å²) in [7, 11) is 0. The van der Waals surface area contributed by atoms with Crippen molar-refractivity contribution in [1.29, 1.82) is 0 Å². The summed E-state index contributed by atoms with van der Waals surface area (Å²) in [5, 5.41) is 3.63. The Balaban J connectivity index is 1.98. The van der Waals surface area contributed by atoms with E-state index in [2.05, 4.69) is 68.3 Å². The average Bonchev–Trinajstić information content (AvgIpc) is 2.48. The summed E-state index contributed by atoms with van der Waals surface area (Å²) in [6.45, 7) is 8.91. The lowest BCUT2D eigenvalue weighted by atomic mass is 9.99. The smallest absolute Gasteiger partial charge is 0.0315 e. The largest absolute Gasteiger partial charge is 0.304 e. The molecule has 0 aliphatic heterocycles. The monoisotopic (exact) mass is 282 g/mol. The van der Waals surface area contributed by atoms with Gasteiger partial charge in [-0.3, -0.25) is 4.98 Å². The van der Waals surface area contributed by atoms with E-state index in [-0.39, 0.29) is 0 Å². The van der Waals surface area contributed by atoms with Crippen LogP contribution in [-0.4, -0.2) is 4.98 Å². The lowest BCUT2D eigenvalue weighted by molar-refractivity contribution is 0.493. The second-order valence-electron chi connectivity index (χ2n) is 6.24. The molecular formula is C19H26N2. The van der Waals surface area contributed by atoms with Gasteiger partial charge in [-0.25, -0.2) is 0 Å². The third-order valence-corrected chi connectivity index (χ3v) is 3.81. The van der Waals surface area contributed by atoms with Crippen LogP contribution in [-0.2, 0) is 6.42 Å². The molecule has 0 saturated carbocycles. The molecule has 1 heterocycles. The first-order valence-corrected chi connectivity index (χ1v) is 7.81. The van der Waals surface area contributed by atoms with Crippen molar-refractivity contribution in [2.45, 2.75) is 46.2 Å². The number of nitrogens with one attached hydrogen (secondary N) is 1. The highest BCUT2D eigenvalue weighted by atomic mass is 14.9. The standard InChI is InChI=1S/C19H26N2/c1-14(2)12-17-7-9-18(10-8-17)15(3)21-16(4)19-6-5-11-20-13-19/h5-11,13-16,21H,12H2,1-4H3/t15?,16-/m0/s1. The van der Waals surface area contributed by atoms with Gasteiger partial charge in [0.05, 0.1) is 0 Å². The Labute approximate surface area is 128 Å². The van der Waals surface area contributed by atoms with Gasteiger partial charge in [0, 0.05) is 24.5 Å². The van der Waals surface area contributed by atoms with E-state index in [9.17, 15) is 0 Å². The van der Waals surface area contributed by atoms with Crippen molar-refractivity contribution >= 4 is 0 Å². The predicted molar refractivity (Wildman–Crippen MR) is 89.2 cm³/mol. The minimum absolute atomic E-state index is 0.295. The van der Waals surface area contributed by atoms with E-state index in [1.807, 2.05) is 18.5 Å². The molecule has 1 aromatic heterocycles. The molecule has 0 radical (unpaired) electrons. The van der Waals surface area contributed by atoms with Crippen molar-refractivity contribution in [2.24, 2.45) is 5.92 Å². The molecule has 2 aromatic rings. The second-order valence-corrected chi connectivity index (χ2v) is 6.24. The van der Waals surface area contributed by atoms with E-state index >= 15 is 0 Å². The van der Waals surface area contributed by atoms with Gasteiger partial charge in [-0.05, 0) is 48.9 Å². The van der Waals surface area contributed by atoms with E-state index in [1.165, 1.54) is 16.7 Å². The van der Waals surface area contributed by atoms with Crippen LogP contribution in [0.2, 0.25) is 0 Å². The van der Waals surface area contributed by atoms with E-state index in [4.69, 9.17) is 0 Å². The second kappa shape index (κ2) is 7.37. The Hall–Kier alpha value is -1.67. The van der Waals surface area contributed by atoms with Crippen LogP contribution in [0.15, 0.2) is 48.8 Å². The summed E-state index contributed by atoms with van der Waals surface area (Å²) in [6.07, 6.45) is 4.89. The van der Waals surface area contributed by atoms with Crippen LogP contribution in [0.5, 0.6) is 0 Å². The topological polar surface area (TPSA) is 24.9 Å². The minimum atomic E-state index is 0.295. The van der Waals surface area contributed by atoms with Gasteiger partial charge >= 0.3 is 0 Å². The van der Waals surface area contributed by atoms with Gasteiger partial charge in [-0.2, -0.15) is 0 Å². The van der Waals surface area contributed by atoms with Gasteiger partial charge in [0.15, 0.2) is 0 Å². The molecule has 1 aromatic carbocycles. The third kappa shape index (κ3) is 4.68. The highest BCUT2D eigenvalue weighted by Crippen LogP contribution is 2.20. The Kier molecular flexibility index (Phi) is 5.51. The summed E-state index contributed by atoms with van der Waals surface area (Å²) >= 11 is 0. The van der Waals surface area contributed by atoms with Crippen LogP contribution in [0.4, 0.5) is 0 Å². The van der Waals surface area contributed by atoms with E-state index < -0.39 is 0 Å². The van der Waals surface area contributed by atoms with Crippen LogP contribution in [0.1, 0.15) is 56.5 Å². The molecule has 0 aliphatic carbocycles. The van der Waals surface area contributed by atoms with Crippen LogP contribution in [0.25, 0.3) is 0 Å². The zero-order chi connectivity index (χ0) is 15.2. The van der Waals surface area contributed by atoms with Crippen molar-refractivity contribution < 1.29 is 0 Å². The van der Waals surface area contributed by atoms with E-state index in [0.29, 0.717) is 18.0 Å². The van der Waals surface area contributed by atoms with Gasteiger partial charge in [0.1, 0.15) is 0 Å². The third-order valence-electron chi connectivity index (χ3n) is 3.81. The summed E-state index contributed by atoms with van der Waals surface area (Å²) in [6, 6.07) is 13.7. The fourth-order valence-electron chi connectivity index (χ4n) is 2.61. The first kappa shape index (κ1) is 15.7. The fraction of sp³-hybridized carbons (Fsp3) is 0.421. The molecule has 2 nitrogen and oxygen atoms in total. The fourth-order valence-corrected chi connectivity index (χ4v) is 2.61. The Bertz CT molecular complexity index is 531. The summed E-state index contributed by atoms with van der Waals surface area (Å²) in [4.78, 5) is 4.18. The molecule has 0 saturated heterocycles. The molecule has 112 valence electrons. The first-order chi connectivity index (χ1) is 10.1. The molecule has 2 atom stereocenters. The van der Waals surface area contributed by atoms with Crippen molar-refractivity contribution in [3.05, 3.63) is 65.5 Å². The lowest BCUT2D eigenvalue weighted by Crippen LogP contribution is -2.22. The SMILES string of the molecule is CC(C)Cc1ccc(C(C)N[C@@H](C)c2cccnc2)cc1. The lowest BCUT2D eigenvalue weighted by Gasteiger charge is -2.21. The molecule has 0 spiro atoms. The Morgan fingerprint density at radius 2 is 1.57 bits per heavy atom. The molecule has 1 unspecified atom stereocenters. The summed E-state index contributed by atoms with van der Waals surface area (Å²) < 4.78 is 0. The van der Waals surface area contributed by atoms with Crippen molar-refractivity contribution in [3.8, 4) is 0 Å². The van der Waals surface area contributed by atoms with Gasteiger partial charge in [-0.15, -0.1) is 0 Å². The van der Waals surface area contributed by atoms with Crippen molar-refractivity contribution in [1.82, 2.24) is 10.3 Å². The first-order valence-electron chi connectivity index (χ1n) is 7.81. The molecule has 2 rings (SSSR count). The average molecular weight is 282 g/mol. The van der Waals surface area contributed by atoms with E-state index in [1.54, 1.807) is 0 Å². The summed E-state index contributed by atoms with van der Waals surface area (Å²) in [5.41, 5.74) is 3.97. The molecule has 0 amide bonds. The Morgan fingerprint density at radius 3 is 2.14 bits per heavy atom. The molecule has 0 bridgehead atoms. The molecule has 0 aliphatic rings. The molecule has 1 N–H and O–H groups in total. The highest BCUT2D eigenvalue weighted by molar-refractivity contribution is 5.25. The molecule has 2 heteroatoms. The van der Waals surface area contributed by atoms with Crippen LogP contribution < -0.4 is 5.32 Å². The van der Waals surface area contributed by atoms with Crippen molar-refractivity contribution in [2.75, 3.05) is 0 Å². The zero-order valence-corrected chi connectivity index (χ0v) is 13.5. The zero-order valence-electron chi connectivity index (χ0n) is 13.5. The molecular weight excluding hydrogens is 256 g/mol. The number of nitrogens with zero attached hydrogens (tertiary/aromatic N) is 1. The number of hydrogen-bond acceptors (Lipinski definition) is 2. The quantitative estimate of drug-likeness (QED) is 0.831. The van der Waals surface area contributed by atoms with Crippen LogP contribution >= 0.6 is 0 Å². The number of hydrogen-bond donors (Lipinski definition) is 1. The maximum absolute atomic E-state index is 4.18. The Morgan fingerprint density at radius 1 is 0.905 bits per heavy atom. The number of aromatic nitrogens is 1. The molecule has 0 fully saturated rings. The normalized spacial score (nSPS) is 14.1. The van der Waals surface area contributed by atoms with Gasteiger partial charge < -0.3 is 5.32 Å². The van der Waals surface area contributed by atoms with Gasteiger partial charge in [-0.1, -0.05) is 44.2 Å². The number of rotatable bonds is 6. The van der Waals surface area contributed by atoms with Gasteiger partial charge in [0.25, 0.3) is 0 Å². The minimum Gasteiger partial charge on any atom is -0.304 e. The van der Waals surface area contributed by atoms with Crippen LogP contribution in [0.3, 0.4) is 0 Å². The molecule has 21 heavy (non-hydrogen) atoms. The highest BCUT2D eigenvalue weighted by Gasteiger charge is 2.11.